The van der Waals surface area contributed by atoms with Gasteiger partial charge in [-0.1, -0.05) is 0 Å². The third kappa shape index (κ3) is 3.38. The average Bonchev–Trinajstić information content (AvgIpc) is 2.61. The van der Waals surface area contributed by atoms with Crippen molar-refractivity contribution in [2.24, 2.45) is 0 Å². The van der Waals surface area contributed by atoms with Crippen LogP contribution in [0.3, 0.4) is 0 Å². The van der Waals surface area contributed by atoms with Gasteiger partial charge in [0.1, 0.15) is 5.75 Å². The zero-order valence-corrected chi connectivity index (χ0v) is 14.0. The Morgan fingerprint density at radius 3 is 2.28 bits per heavy atom. The van der Waals surface area contributed by atoms with E-state index >= 15 is 0 Å². The number of aromatic nitrogens is 2. The van der Waals surface area contributed by atoms with Gasteiger partial charge in [-0.2, -0.15) is 4.98 Å². The standard InChI is InChI=1S/C16H12ClN3O5/c1-23-13-7-11-12(8-14(13)24-2)18-16(17)19-15(11)25-10-5-3-9(4-6-10)20(21)22/h3-8H,1-2H3. The number of nitro benzene ring substituents is 1. The molecule has 0 spiro atoms. The molecule has 1 heterocycles. The van der Waals surface area contributed by atoms with Crippen molar-refractivity contribution in [2.45, 2.75) is 0 Å². The van der Waals surface area contributed by atoms with Crippen LogP contribution in [0.4, 0.5) is 5.69 Å². The number of nitro groups is 1. The lowest BCUT2D eigenvalue weighted by Crippen LogP contribution is -1.96. The molecule has 3 rings (SSSR count). The van der Waals surface area contributed by atoms with Gasteiger partial charge in [0.2, 0.25) is 11.2 Å². The summed E-state index contributed by atoms with van der Waals surface area (Å²) in [5.74, 6) is 1.54. The first kappa shape index (κ1) is 16.7. The molecule has 9 heteroatoms. The zero-order valence-electron chi connectivity index (χ0n) is 13.2. The van der Waals surface area contributed by atoms with E-state index < -0.39 is 4.92 Å². The number of rotatable bonds is 5. The lowest BCUT2D eigenvalue weighted by atomic mass is 10.2. The SMILES string of the molecule is COc1cc2nc(Cl)nc(Oc3ccc([N+](=O)[O-])cc3)c2cc1OC. The van der Waals surface area contributed by atoms with Crippen LogP contribution in [0.25, 0.3) is 10.9 Å². The van der Waals surface area contributed by atoms with Gasteiger partial charge < -0.3 is 14.2 Å². The molecule has 0 atom stereocenters. The van der Waals surface area contributed by atoms with E-state index in [1.165, 1.54) is 38.5 Å². The molecule has 0 amide bonds. The van der Waals surface area contributed by atoms with Crippen LogP contribution in [0.2, 0.25) is 5.28 Å². The molecule has 0 saturated heterocycles. The Balaban J connectivity index is 2.06. The number of non-ortho nitro benzene ring substituents is 1. The molecule has 128 valence electrons. The highest BCUT2D eigenvalue weighted by Crippen LogP contribution is 2.36. The van der Waals surface area contributed by atoms with E-state index in [0.717, 1.165) is 0 Å². The van der Waals surface area contributed by atoms with Gasteiger partial charge >= 0.3 is 0 Å². The molecule has 1 aromatic heterocycles. The highest BCUT2D eigenvalue weighted by atomic mass is 35.5. The van der Waals surface area contributed by atoms with E-state index in [1.54, 1.807) is 12.1 Å². The molecule has 0 radical (unpaired) electrons. The van der Waals surface area contributed by atoms with Crippen molar-refractivity contribution in [1.82, 2.24) is 9.97 Å². The second-order valence-electron chi connectivity index (χ2n) is 4.88. The first-order valence-electron chi connectivity index (χ1n) is 7.03. The van der Waals surface area contributed by atoms with Gasteiger partial charge in [-0.15, -0.1) is 0 Å². The van der Waals surface area contributed by atoms with Gasteiger partial charge in [-0.25, -0.2) is 4.98 Å². The molecule has 0 unspecified atom stereocenters. The minimum atomic E-state index is -0.488. The van der Waals surface area contributed by atoms with E-state index in [0.29, 0.717) is 28.2 Å². The molecule has 0 N–H and O–H groups in total. The molecule has 0 fully saturated rings. The van der Waals surface area contributed by atoms with E-state index in [1.807, 2.05) is 0 Å². The van der Waals surface area contributed by atoms with E-state index in [2.05, 4.69) is 9.97 Å². The third-order valence-electron chi connectivity index (χ3n) is 3.40. The predicted octanol–water partition coefficient (Wildman–Crippen LogP) is 4.00. The van der Waals surface area contributed by atoms with Crippen LogP contribution in [0, 0.1) is 10.1 Å². The number of hydrogen-bond donors (Lipinski definition) is 0. The second kappa shape index (κ2) is 6.78. The maximum Gasteiger partial charge on any atom is 0.269 e. The smallest absolute Gasteiger partial charge is 0.269 e. The van der Waals surface area contributed by atoms with Crippen LogP contribution in [-0.2, 0) is 0 Å². The lowest BCUT2D eigenvalue weighted by molar-refractivity contribution is -0.384. The van der Waals surface area contributed by atoms with Crippen LogP contribution in [0.15, 0.2) is 36.4 Å². The summed E-state index contributed by atoms with van der Waals surface area (Å²) in [6.07, 6.45) is 0. The minimum Gasteiger partial charge on any atom is -0.493 e. The summed E-state index contributed by atoms with van der Waals surface area (Å²) in [6.45, 7) is 0. The summed E-state index contributed by atoms with van der Waals surface area (Å²) in [4.78, 5) is 18.5. The van der Waals surface area contributed by atoms with Crippen molar-refractivity contribution in [2.75, 3.05) is 14.2 Å². The van der Waals surface area contributed by atoms with Gasteiger partial charge in [-0.3, -0.25) is 10.1 Å². The predicted molar refractivity (Wildman–Crippen MR) is 90.8 cm³/mol. The lowest BCUT2D eigenvalue weighted by Gasteiger charge is -2.12. The van der Waals surface area contributed by atoms with E-state index in [-0.39, 0.29) is 16.9 Å². The Bertz CT molecular complexity index is 947. The van der Waals surface area contributed by atoms with Gasteiger partial charge in [0, 0.05) is 18.2 Å². The molecular formula is C16H12ClN3O5. The fourth-order valence-electron chi connectivity index (χ4n) is 2.23. The molecule has 2 aromatic carbocycles. The van der Waals surface area contributed by atoms with Gasteiger partial charge in [-0.05, 0) is 29.8 Å². The van der Waals surface area contributed by atoms with Crippen LogP contribution in [-0.4, -0.2) is 29.1 Å². The van der Waals surface area contributed by atoms with Gasteiger partial charge in [0.05, 0.1) is 30.0 Å². The van der Waals surface area contributed by atoms with Crippen molar-refractivity contribution in [3.8, 4) is 23.1 Å². The largest absolute Gasteiger partial charge is 0.493 e. The summed E-state index contributed by atoms with van der Waals surface area (Å²) in [5.41, 5.74) is 0.471. The van der Waals surface area contributed by atoms with Crippen molar-refractivity contribution in [3.05, 3.63) is 51.8 Å². The third-order valence-corrected chi connectivity index (χ3v) is 3.57. The average molecular weight is 362 g/mol. The fourth-order valence-corrected chi connectivity index (χ4v) is 2.39. The summed E-state index contributed by atoms with van der Waals surface area (Å²) < 4.78 is 16.2. The molecule has 0 saturated carbocycles. The molecule has 0 aliphatic rings. The summed E-state index contributed by atoms with van der Waals surface area (Å²) >= 11 is 5.96. The number of halogens is 1. The van der Waals surface area contributed by atoms with Crippen molar-refractivity contribution in [3.63, 3.8) is 0 Å². The Morgan fingerprint density at radius 1 is 1.04 bits per heavy atom. The normalized spacial score (nSPS) is 10.5. The number of fused-ring (bicyclic) bond motifs is 1. The Labute approximate surface area is 147 Å². The summed E-state index contributed by atoms with van der Waals surface area (Å²) in [7, 11) is 3.03. The molecule has 0 bridgehead atoms. The Morgan fingerprint density at radius 2 is 1.68 bits per heavy atom. The quantitative estimate of drug-likeness (QED) is 0.385. The van der Waals surface area contributed by atoms with Crippen molar-refractivity contribution in [1.29, 1.82) is 0 Å². The topological polar surface area (TPSA) is 96.6 Å². The fraction of sp³-hybridized carbons (Fsp3) is 0.125. The highest BCUT2D eigenvalue weighted by Gasteiger charge is 2.15. The number of hydrogen-bond acceptors (Lipinski definition) is 7. The molecule has 8 nitrogen and oxygen atoms in total. The van der Waals surface area contributed by atoms with E-state index in [9.17, 15) is 10.1 Å². The molecular weight excluding hydrogens is 350 g/mol. The van der Waals surface area contributed by atoms with Crippen molar-refractivity contribution < 1.29 is 19.1 Å². The number of ether oxygens (including phenoxy) is 3. The van der Waals surface area contributed by atoms with Crippen LogP contribution < -0.4 is 14.2 Å². The highest BCUT2D eigenvalue weighted by molar-refractivity contribution is 6.28. The monoisotopic (exact) mass is 361 g/mol. The maximum absolute atomic E-state index is 10.7. The molecule has 0 aliphatic heterocycles. The van der Waals surface area contributed by atoms with Crippen LogP contribution in [0.1, 0.15) is 0 Å². The number of benzene rings is 2. The van der Waals surface area contributed by atoms with Crippen molar-refractivity contribution >= 4 is 28.2 Å². The van der Waals surface area contributed by atoms with Gasteiger partial charge in [0.25, 0.3) is 5.69 Å². The second-order valence-corrected chi connectivity index (χ2v) is 5.21. The first-order valence-corrected chi connectivity index (χ1v) is 7.41. The zero-order chi connectivity index (χ0) is 18.0. The van der Waals surface area contributed by atoms with E-state index in [4.69, 9.17) is 25.8 Å². The Hall–Kier alpha value is -3.13. The summed E-state index contributed by atoms with van der Waals surface area (Å²) in [6, 6.07) is 8.95. The summed E-state index contributed by atoms with van der Waals surface area (Å²) in [5, 5.41) is 11.3. The maximum atomic E-state index is 10.7. The molecule has 3 aromatic rings. The first-order chi connectivity index (χ1) is 12.0. The molecule has 0 aliphatic carbocycles. The molecule has 25 heavy (non-hydrogen) atoms. The van der Waals surface area contributed by atoms with Gasteiger partial charge in [0.15, 0.2) is 11.5 Å². The van der Waals surface area contributed by atoms with Crippen LogP contribution in [0.5, 0.6) is 23.1 Å². The Kier molecular flexibility index (Phi) is 4.53. The number of methoxy groups -OCH3 is 2. The minimum absolute atomic E-state index is 0.00312. The number of nitrogens with zero attached hydrogens (tertiary/aromatic N) is 3. The van der Waals surface area contributed by atoms with Crippen LogP contribution >= 0.6 is 11.6 Å².